The van der Waals surface area contributed by atoms with E-state index in [1.807, 2.05) is 6.92 Å². The molecule has 0 spiro atoms. The highest BCUT2D eigenvalue weighted by atomic mass is 35.5. The SMILES string of the molecule is CCc1ccc(C(=O)NN(C(=O)c2cc(C)nc(Cl)c2)C(C)(C)C)c(F)c1. The number of carbonyl (C=O) groups excluding carboxylic acids is 2. The normalized spacial score (nSPS) is 11.2. The van der Waals surface area contributed by atoms with Crippen LogP contribution in [0.15, 0.2) is 30.3 Å². The number of hydrazine groups is 1. The lowest BCUT2D eigenvalue weighted by molar-refractivity contribution is 0.0357. The summed E-state index contributed by atoms with van der Waals surface area (Å²) in [5.41, 5.74) is 3.29. The van der Waals surface area contributed by atoms with E-state index in [-0.39, 0.29) is 16.3 Å². The van der Waals surface area contributed by atoms with Crippen LogP contribution in [0.2, 0.25) is 5.15 Å². The molecule has 0 atom stereocenters. The Hall–Kier alpha value is -2.47. The second-order valence-corrected chi connectivity index (χ2v) is 7.63. The van der Waals surface area contributed by atoms with E-state index in [4.69, 9.17) is 11.6 Å². The molecule has 0 aliphatic heterocycles. The van der Waals surface area contributed by atoms with E-state index in [1.165, 1.54) is 23.2 Å². The van der Waals surface area contributed by atoms with Crippen LogP contribution in [0.5, 0.6) is 0 Å². The smallest absolute Gasteiger partial charge is 0.267 e. The molecule has 1 heterocycles. The molecule has 0 saturated heterocycles. The Kier molecular flexibility index (Phi) is 6.21. The highest BCUT2D eigenvalue weighted by Crippen LogP contribution is 2.19. The van der Waals surface area contributed by atoms with Gasteiger partial charge in [0.05, 0.1) is 11.1 Å². The van der Waals surface area contributed by atoms with Gasteiger partial charge in [-0.3, -0.25) is 15.0 Å². The minimum Gasteiger partial charge on any atom is -0.267 e. The van der Waals surface area contributed by atoms with Crippen molar-refractivity contribution in [3.05, 3.63) is 63.7 Å². The summed E-state index contributed by atoms with van der Waals surface area (Å²) in [5, 5.41) is 1.35. The third kappa shape index (κ3) is 5.04. The van der Waals surface area contributed by atoms with Crippen molar-refractivity contribution in [2.24, 2.45) is 0 Å². The summed E-state index contributed by atoms with van der Waals surface area (Å²) in [6.07, 6.45) is 0.660. The topological polar surface area (TPSA) is 62.3 Å². The quantitative estimate of drug-likeness (QED) is 0.625. The molecule has 0 bridgehead atoms. The molecule has 0 saturated carbocycles. The number of aryl methyl sites for hydroxylation is 2. The van der Waals surface area contributed by atoms with Crippen LogP contribution in [-0.2, 0) is 6.42 Å². The molecule has 5 nitrogen and oxygen atoms in total. The molecule has 2 amide bonds. The number of hydrogen-bond donors (Lipinski definition) is 1. The molecular weight excluding hydrogens is 369 g/mol. The first-order valence-electron chi connectivity index (χ1n) is 8.61. The second-order valence-electron chi connectivity index (χ2n) is 7.24. The number of rotatable bonds is 3. The summed E-state index contributed by atoms with van der Waals surface area (Å²) < 4.78 is 14.3. The first kappa shape index (κ1) is 20.8. The fraction of sp³-hybridized carbons (Fsp3) is 0.350. The third-order valence-corrected chi connectivity index (χ3v) is 4.14. The minimum atomic E-state index is -0.754. The van der Waals surface area contributed by atoms with Crippen LogP contribution in [-0.4, -0.2) is 27.3 Å². The highest BCUT2D eigenvalue weighted by Gasteiger charge is 2.30. The zero-order valence-corrected chi connectivity index (χ0v) is 16.8. The molecule has 1 N–H and O–H groups in total. The van der Waals surface area contributed by atoms with Crippen molar-refractivity contribution in [1.82, 2.24) is 15.4 Å². The van der Waals surface area contributed by atoms with Crippen LogP contribution in [0.1, 0.15) is 59.7 Å². The number of carbonyl (C=O) groups is 2. The standard InChI is InChI=1S/C20H23ClFN3O2/c1-6-13-7-8-15(16(22)10-13)18(26)24-25(20(3,4)5)19(27)14-9-12(2)23-17(21)11-14/h7-11H,6H2,1-5H3,(H,24,26). The van der Waals surface area contributed by atoms with E-state index in [0.717, 1.165) is 5.56 Å². The summed E-state index contributed by atoms with van der Waals surface area (Å²) >= 11 is 5.95. The van der Waals surface area contributed by atoms with Crippen molar-refractivity contribution < 1.29 is 14.0 Å². The lowest BCUT2D eigenvalue weighted by atomic mass is 10.1. The van der Waals surface area contributed by atoms with Gasteiger partial charge in [0.1, 0.15) is 11.0 Å². The van der Waals surface area contributed by atoms with Crippen molar-refractivity contribution in [1.29, 1.82) is 0 Å². The average Bonchev–Trinajstić information content (AvgIpc) is 2.56. The second kappa shape index (κ2) is 8.05. The molecule has 0 aliphatic carbocycles. The van der Waals surface area contributed by atoms with Gasteiger partial charge in [-0.1, -0.05) is 24.6 Å². The Bertz CT molecular complexity index is 858. The Morgan fingerprint density at radius 1 is 1.22 bits per heavy atom. The number of benzene rings is 1. The maximum atomic E-state index is 14.3. The van der Waals surface area contributed by atoms with Gasteiger partial charge in [0.2, 0.25) is 0 Å². The zero-order valence-electron chi connectivity index (χ0n) is 16.1. The maximum absolute atomic E-state index is 14.3. The van der Waals surface area contributed by atoms with Crippen molar-refractivity contribution in [2.75, 3.05) is 0 Å². The molecule has 7 heteroatoms. The van der Waals surface area contributed by atoms with Crippen molar-refractivity contribution in [3.63, 3.8) is 0 Å². The highest BCUT2D eigenvalue weighted by molar-refractivity contribution is 6.29. The Morgan fingerprint density at radius 2 is 1.89 bits per heavy atom. The summed E-state index contributed by atoms with van der Waals surface area (Å²) in [7, 11) is 0. The van der Waals surface area contributed by atoms with Crippen LogP contribution in [0.3, 0.4) is 0 Å². The molecule has 2 rings (SSSR count). The Morgan fingerprint density at radius 3 is 2.41 bits per heavy atom. The van der Waals surface area contributed by atoms with Crippen molar-refractivity contribution in [3.8, 4) is 0 Å². The molecular formula is C20H23ClFN3O2. The summed E-state index contributed by atoms with van der Waals surface area (Å²) in [6, 6.07) is 7.44. The summed E-state index contributed by atoms with van der Waals surface area (Å²) in [4.78, 5) is 29.6. The van der Waals surface area contributed by atoms with Gasteiger partial charge in [-0.05, 0) is 63.9 Å². The van der Waals surface area contributed by atoms with E-state index >= 15 is 0 Å². The van der Waals surface area contributed by atoms with Gasteiger partial charge in [0, 0.05) is 11.3 Å². The maximum Gasteiger partial charge on any atom is 0.272 e. The number of halogens is 2. The Balaban J connectivity index is 2.34. The Labute approximate surface area is 163 Å². The van der Waals surface area contributed by atoms with Crippen LogP contribution in [0, 0.1) is 12.7 Å². The number of pyridine rings is 1. The molecule has 0 radical (unpaired) electrons. The fourth-order valence-corrected chi connectivity index (χ4v) is 2.78. The predicted molar refractivity (Wildman–Crippen MR) is 103 cm³/mol. The van der Waals surface area contributed by atoms with Gasteiger partial charge in [0.15, 0.2) is 0 Å². The van der Waals surface area contributed by atoms with E-state index in [2.05, 4.69) is 10.4 Å². The van der Waals surface area contributed by atoms with E-state index < -0.39 is 23.2 Å². The molecule has 27 heavy (non-hydrogen) atoms. The van der Waals surface area contributed by atoms with E-state index in [1.54, 1.807) is 39.8 Å². The molecule has 2 aromatic rings. The average molecular weight is 392 g/mol. The fourth-order valence-electron chi connectivity index (χ4n) is 2.53. The monoisotopic (exact) mass is 391 g/mol. The molecule has 0 aliphatic rings. The van der Waals surface area contributed by atoms with E-state index in [9.17, 15) is 14.0 Å². The lowest BCUT2D eigenvalue weighted by Crippen LogP contribution is -2.56. The van der Waals surface area contributed by atoms with Crippen LogP contribution >= 0.6 is 11.6 Å². The van der Waals surface area contributed by atoms with Crippen LogP contribution in [0.25, 0.3) is 0 Å². The predicted octanol–water partition coefficient (Wildman–Crippen LogP) is 4.33. The summed E-state index contributed by atoms with van der Waals surface area (Å²) in [5.74, 6) is -1.79. The zero-order chi connectivity index (χ0) is 20.4. The van der Waals surface area contributed by atoms with Gasteiger partial charge in [-0.25, -0.2) is 14.4 Å². The van der Waals surface area contributed by atoms with Gasteiger partial charge in [0.25, 0.3) is 11.8 Å². The molecule has 1 aromatic heterocycles. The van der Waals surface area contributed by atoms with Crippen LogP contribution < -0.4 is 5.43 Å². The first-order chi connectivity index (χ1) is 12.5. The minimum absolute atomic E-state index is 0.127. The molecule has 0 fully saturated rings. The third-order valence-electron chi connectivity index (χ3n) is 3.94. The largest absolute Gasteiger partial charge is 0.272 e. The first-order valence-corrected chi connectivity index (χ1v) is 8.99. The van der Waals surface area contributed by atoms with Crippen molar-refractivity contribution >= 4 is 23.4 Å². The van der Waals surface area contributed by atoms with Gasteiger partial charge >= 0.3 is 0 Å². The lowest BCUT2D eigenvalue weighted by Gasteiger charge is -2.35. The van der Waals surface area contributed by atoms with E-state index in [0.29, 0.717) is 12.1 Å². The van der Waals surface area contributed by atoms with Gasteiger partial charge < -0.3 is 0 Å². The summed E-state index contributed by atoms with van der Waals surface area (Å²) in [6.45, 7) is 8.90. The number of aromatic nitrogens is 1. The number of amides is 2. The molecule has 1 aromatic carbocycles. The van der Waals surface area contributed by atoms with Crippen molar-refractivity contribution in [2.45, 2.75) is 46.6 Å². The number of nitrogens with one attached hydrogen (secondary N) is 1. The number of hydrogen-bond acceptors (Lipinski definition) is 3. The van der Waals surface area contributed by atoms with Crippen LogP contribution in [0.4, 0.5) is 4.39 Å². The molecule has 0 unspecified atom stereocenters. The van der Waals surface area contributed by atoms with Gasteiger partial charge in [-0.2, -0.15) is 0 Å². The number of nitrogens with zero attached hydrogens (tertiary/aromatic N) is 2. The van der Waals surface area contributed by atoms with Gasteiger partial charge in [-0.15, -0.1) is 0 Å². The molecule has 144 valence electrons.